The predicted octanol–water partition coefficient (Wildman–Crippen LogP) is 0.576. The van der Waals surface area contributed by atoms with Crippen molar-refractivity contribution in [3.63, 3.8) is 0 Å². The minimum Gasteiger partial charge on any atom is -0.210 e. The normalized spacial score (nSPS) is 11.3. The summed E-state index contributed by atoms with van der Waals surface area (Å²) in [6.45, 7) is 1.77. The lowest BCUT2D eigenvalue weighted by molar-refractivity contribution is 0.564. The van der Waals surface area contributed by atoms with Crippen LogP contribution in [0.4, 0.5) is 0 Å². The molecule has 0 aromatic heterocycles. The van der Waals surface area contributed by atoms with E-state index in [1.54, 1.807) is 6.92 Å². The van der Waals surface area contributed by atoms with Crippen LogP contribution in [0.1, 0.15) is 13.3 Å². The Hall–Kier alpha value is -0.930. The summed E-state index contributed by atoms with van der Waals surface area (Å²) in [5, 5.41) is 0.873. The summed E-state index contributed by atoms with van der Waals surface area (Å²) in [5.74, 6) is 0. The SMILES string of the molecule is CC/C=C/S(=O)(=O)N=C=O. The largest absolute Gasteiger partial charge is 0.285 e. The quantitative estimate of drug-likeness (QED) is 0.449. The lowest BCUT2D eigenvalue weighted by Gasteiger charge is -1.80. The standard InChI is InChI=1S/C5H7NO3S/c1-2-3-4-10(8,9)6-5-7/h3-4H,2H2,1H3/b4-3+. The molecule has 56 valence electrons. The first-order valence-electron chi connectivity index (χ1n) is 2.63. The average molecular weight is 161 g/mol. The number of isocyanates is 1. The molecular formula is C5H7NO3S. The van der Waals surface area contributed by atoms with Crippen molar-refractivity contribution in [1.82, 2.24) is 0 Å². The van der Waals surface area contributed by atoms with E-state index in [0.717, 1.165) is 11.5 Å². The molecule has 0 radical (unpaired) electrons. The molecule has 0 aliphatic rings. The van der Waals surface area contributed by atoms with Gasteiger partial charge in [-0.25, -0.2) is 4.79 Å². The molecule has 5 heteroatoms. The second-order valence-corrected chi connectivity index (χ2v) is 2.96. The maximum absolute atomic E-state index is 10.5. The highest BCUT2D eigenvalue weighted by molar-refractivity contribution is 7.93. The van der Waals surface area contributed by atoms with Crippen molar-refractivity contribution in [2.45, 2.75) is 13.3 Å². The monoisotopic (exact) mass is 161 g/mol. The van der Waals surface area contributed by atoms with Gasteiger partial charge in [0.05, 0.1) is 0 Å². The molecular weight excluding hydrogens is 154 g/mol. The van der Waals surface area contributed by atoms with Gasteiger partial charge in [0.15, 0.2) is 0 Å². The smallest absolute Gasteiger partial charge is 0.210 e. The molecule has 0 saturated heterocycles. The molecule has 0 rings (SSSR count). The van der Waals surface area contributed by atoms with E-state index >= 15 is 0 Å². The van der Waals surface area contributed by atoms with Gasteiger partial charge in [0.2, 0.25) is 0 Å². The number of rotatable bonds is 3. The van der Waals surface area contributed by atoms with Crippen molar-refractivity contribution in [3.8, 4) is 0 Å². The van der Waals surface area contributed by atoms with Gasteiger partial charge in [0.25, 0.3) is 16.1 Å². The Morgan fingerprint density at radius 2 is 2.20 bits per heavy atom. The van der Waals surface area contributed by atoms with Crippen LogP contribution in [-0.4, -0.2) is 14.5 Å². The first-order valence-corrected chi connectivity index (χ1v) is 4.13. The highest BCUT2D eigenvalue weighted by Crippen LogP contribution is 1.93. The molecule has 0 amide bonds. The van der Waals surface area contributed by atoms with Crippen LogP contribution < -0.4 is 0 Å². The van der Waals surface area contributed by atoms with E-state index in [9.17, 15) is 13.2 Å². The van der Waals surface area contributed by atoms with Crippen LogP contribution in [0.3, 0.4) is 0 Å². The number of carbonyl (C=O) groups excluding carboxylic acids is 1. The number of nitrogens with zero attached hydrogens (tertiary/aromatic N) is 1. The van der Waals surface area contributed by atoms with Gasteiger partial charge >= 0.3 is 0 Å². The van der Waals surface area contributed by atoms with E-state index in [1.165, 1.54) is 6.08 Å². The Kier molecular flexibility index (Phi) is 3.61. The third-order valence-corrected chi connectivity index (χ3v) is 1.53. The predicted molar refractivity (Wildman–Crippen MR) is 36.5 cm³/mol. The number of hydrogen-bond acceptors (Lipinski definition) is 3. The van der Waals surface area contributed by atoms with Gasteiger partial charge in [0, 0.05) is 5.41 Å². The molecule has 4 nitrogen and oxygen atoms in total. The first kappa shape index (κ1) is 9.07. The van der Waals surface area contributed by atoms with Gasteiger partial charge in [0.1, 0.15) is 0 Å². The lowest BCUT2D eigenvalue weighted by Crippen LogP contribution is -1.86. The maximum Gasteiger partial charge on any atom is 0.285 e. The summed E-state index contributed by atoms with van der Waals surface area (Å²) in [6, 6.07) is 0. The first-order chi connectivity index (χ1) is 4.62. The molecule has 0 aromatic rings. The molecule has 0 unspecified atom stereocenters. The summed E-state index contributed by atoms with van der Waals surface area (Å²) in [7, 11) is -3.67. The summed E-state index contributed by atoms with van der Waals surface area (Å²) in [6.07, 6.45) is 2.94. The zero-order valence-electron chi connectivity index (χ0n) is 5.44. The summed E-state index contributed by atoms with van der Waals surface area (Å²) in [4.78, 5) is 9.48. The van der Waals surface area contributed by atoms with Crippen LogP contribution >= 0.6 is 0 Å². The van der Waals surface area contributed by atoms with E-state index < -0.39 is 10.0 Å². The molecule has 0 bridgehead atoms. The molecule has 0 atom stereocenters. The fraction of sp³-hybridized carbons (Fsp3) is 0.400. The maximum atomic E-state index is 10.5. The van der Waals surface area contributed by atoms with E-state index in [0.29, 0.717) is 6.42 Å². The molecule has 10 heavy (non-hydrogen) atoms. The Morgan fingerprint density at radius 1 is 1.60 bits per heavy atom. The zero-order valence-corrected chi connectivity index (χ0v) is 6.26. The molecule has 0 N–H and O–H groups in total. The minimum absolute atomic E-state index is 0.591. The Balaban J connectivity index is 4.45. The van der Waals surface area contributed by atoms with Crippen LogP contribution in [0.25, 0.3) is 0 Å². The van der Waals surface area contributed by atoms with E-state index in [4.69, 9.17) is 0 Å². The topological polar surface area (TPSA) is 63.6 Å². The van der Waals surface area contributed by atoms with Crippen LogP contribution in [-0.2, 0) is 14.8 Å². The van der Waals surface area contributed by atoms with Gasteiger partial charge in [-0.2, -0.15) is 8.42 Å². The van der Waals surface area contributed by atoms with Gasteiger partial charge in [-0.1, -0.05) is 17.4 Å². The number of allylic oxidation sites excluding steroid dienone is 1. The fourth-order valence-corrected chi connectivity index (χ4v) is 0.901. The van der Waals surface area contributed by atoms with Gasteiger partial charge in [-0.05, 0) is 6.42 Å². The van der Waals surface area contributed by atoms with E-state index in [1.807, 2.05) is 0 Å². The van der Waals surface area contributed by atoms with Crippen LogP contribution in [0, 0.1) is 0 Å². The number of hydrogen-bond donors (Lipinski definition) is 0. The Bertz CT molecular complexity index is 259. The molecule has 0 fully saturated rings. The third-order valence-electron chi connectivity index (χ3n) is 0.668. The molecule has 0 aliphatic heterocycles. The van der Waals surface area contributed by atoms with Crippen molar-refractivity contribution in [2.75, 3.05) is 0 Å². The summed E-state index contributed by atoms with van der Waals surface area (Å²) in [5.41, 5.74) is 0. The second kappa shape index (κ2) is 3.98. The molecule has 0 spiro atoms. The van der Waals surface area contributed by atoms with Crippen molar-refractivity contribution in [1.29, 1.82) is 0 Å². The highest BCUT2D eigenvalue weighted by atomic mass is 32.2. The lowest BCUT2D eigenvalue weighted by atomic mass is 10.5. The summed E-state index contributed by atoms with van der Waals surface area (Å²) >= 11 is 0. The van der Waals surface area contributed by atoms with E-state index in [2.05, 4.69) is 4.40 Å². The highest BCUT2D eigenvalue weighted by Gasteiger charge is 1.98. The number of sulfonamides is 1. The van der Waals surface area contributed by atoms with Gasteiger partial charge in [-0.15, -0.1) is 0 Å². The van der Waals surface area contributed by atoms with Crippen molar-refractivity contribution < 1.29 is 13.2 Å². The van der Waals surface area contributed by atoms with Crippen molar-refractivity contribution >= 4 is 16.1 Å². The average Bonchev–Trinajstić information content (AvgIpc) is 1.84. The van der Waals surface area contributed by atoms with Crippen molar-refractivity contribution in [2.24, 2.45) is 4.40 Å². The second-order valence-electron chi connectivity index (χ2n) is 1.48. The Labute approximate surface area is 59.3 Å². The van der Waals surface area contributed by atoms with Crippen LogP contribution in [0.15, 0.2) is 15.9 Å². The van der Waals surface area contributed by atoms with Crippen LogP contribution in [0.5, 0.6) is 0 Å². The molecule has 0 heterocycles. The molecule has 0 aromatic carbocycles. The third kappa shape index (κ3) is 4.00. The molecule has 0 saturated carbocycles. The molecule has 0 aliphatic carbocycles. The van der Waals surface area contributed by atoms with Crippen molar-refractivity contribution in [3.05, 3.63) is 11.5 Å². The zero-order chi connectivity index (χ0) is 8.04. The minimum atomic E-state index is -3.67. The fourth-order valence-electron chi connectivity index (χ4n) is 0.300. The van der Waals surface area contributed by atoms with Crippen LogP contribution in [0.2, 0.25) is 0 Å². The van der Waals surface area contributed by atoms with Gasteiger partial charge in [-0.3, -0.25) is 0 Å². The van der Waals surface area contributed by atoms with Gasteiger partial charge < -0.3 is 0 Å². The Morgan fingerprint density at radius 3 is 2.60 bits per heavy atom. The summed E-state index contributed by atoms with van der Waals surface area (Å²) < 4.78 is 23.5. The van der Waals surface area contributed by atoms with E-state index in [-0.39, 0.29) is 0 Å².